The van der Waals surface area contributed by atoms with Crippen LogP contribution in [0, 0.1) is 6.92 Å². The molecule has 0 spiro atoms. The Hall–Kier alpha value is -2.97. The second kappa shape index (κ2) is 10.5. The van der Waals surface area contributed by atoms with Crippen molar-refractivity contribution in [3.63, 3.8) is 0 Å². The number of likely N-dealkylation sites (tertiary alicyclic amines) is 1. The molecule has 1 aromatic heterocycles. The molecule has 0 saturated carbocycles. The number of aryl methyl sites for hydroxylation is 2. The van der Waals surface area contributed by atoms with E-state index in [1.165, 1.54) is 12.5 Å². The predicted octanol–water partition coefficient (Wildman–Crippen LogP) is 4.00. The minimum Gasteiger partial charge on any atom is -0.334 e. The molecule has 7 nitrogen and oxygen atoms in total. The van der Waals surface area contributed by atoms with Gasteiger partial charge in [-0.1, -0.05) is 29.8 Å². The van der Waals surface area contributed by atoms with Crippen molar-refractivity contribution in [1.29, 1.82) is 0 Å². The molecule has 34 heavy (non-hydrogen) atoms. The molecule has 1 N–H and O–H groups in total. The summed E-state index contributed by atoms with van der Waals surface area (Å²) in [7, 11) is -3.33. The van der Waals surface area contributed by atoms with Crippen LogP contribution in [-0.2, 0) is 27.7 Å². The number of nitrogens with one attached hydrogen (secondary N) is 1. The molecule has 1 aliphatic rings. The Balaban J connectivity index is 1.31. The maximum atomic E-state index is 12.8. The van der Waals surface area contributed by atoms with E-state index in [2.05, 4.69) is 27.3 Å². The van der Waals surface area contributed by atoms with Crippen LogP contribution in [0.1, 0.15) is 42.6 Å². The minimum absolute atomic E-state index is 0.0622. The van der Waals surface area contributed by atoms with Gasteiger partial charge in [0, 0.05) is 44.0 Å². The summed E-state index contributed by atoms with van der Waals surface area (Å²) in [4.78, 5) is 18.6. The molecule has 1 aliphatic heterocycles. The zero-order valence-electron chi connectivity index (χ0n) is 19.8. The zero-order valence-corrected chi connectivity index (χ0v) is 20.6. The molecule has 0 bridgehead atoms. The molecule has 1 saturated heterocycles. The summed E-state index contributed by atoms with van der Waals surface area (Å²) in [6, 6.07) is 15.0. The monoisotopic (exact) mass is 480 g/mol. The molecule has 2 heterocycles. The van der Waals surface area contributed by atoms with Crippen LogP contribution in [0.3, 0.4) is 0 Å². The fourth-order valence-corrected chi connectivity index (χ4v) is 5.68. The predicted molar refractivity (Wildman–Crippen MR) is 133 cm³/mol. The third kappa shape index (κ3) is 6.12. The normalized spacial score (nSPS) is 15.4. The van der Waals surface area contributed by atoms with Gasteiger partial charge in [-0.3, -0.25) is 9.69 Å². The third-order valence-electron chi connectivity index (χ3n) is 6.36. The number of piperidine rings is 1. The Bertz CT molecular complexity index is 1210. The number of anilines is 1. The average Bonchev–Trinajstić information content (AvgIpc) is 3.28. The zero-order chi connectivity index (χ0) is 24.1. The Morgan fingerprint density at radius 2 is 1.74 bits per heavy atom. The van der Waals surface area contributed by atoms with Crippen LogP contribution >= 0.6 is 0 Å². The van der Waals surface area contributed by atoms with E-state index in [0.29, 0.717) is 17.4 Å². The summed E-state index contributed by atoms with van der Waals surface area (Å²) in [5, 5.41) is 2.79. The first kappa shape index (κ1) is 24.2. The van der Waals surface area contributed by atoms with Gasteiger partial charge in [-0.05, 0) is 62.7 Å². The maximum Gasteiger partial charge on any atom is 0.221 e. The van der Waals surface area contributed by atoms with Crippen molar-refractivity contribution in [3.8, 4) is 0 Å². The quantitative estimate of drug-likeness (QED) is 0.527. The van der Waals surface area contributed by atoms with E-state index in [-0.39, 0.29) is 11.7 Å². The second-order valence-corrected chi connectivity index (χ2v) is 11.1. The van der Waals surface area contributed by atoms with E-state index in [1.54, 1.807) is 18.3 Å². The van der Waals surface area contributed by atoms with Crippen LogP contribution in [0.25, 0.3) is 0 Å². The van der Waals surface area contributed by atoms with Crippen molar-refractivity contribution in [2.75, 3.05) is 24.2 Å². The van der Waals surface area contributed by atoms with Crippen molar-refractivity contribution in [3.05, 3.63) is 77.9 Å². The number of nitrogens with zero attached hydrogens (tertiary/aromatic N) is 3. The van der Waals surface area contributed by atoms with E-state index in [4.69, 9.17) is 0 Å². The lowest BCUT2D eigenvalue weighted by molar-refractivity contribution is -0.114. The molecule has 2 aromatic carbocycles. The smallest absolute Gasteiger partial charge is 0.221 e. The summed E-state index contributed by atoms with van der Waals surface area (Å²) in [6.45, 7) is 6.66. The molecule has 1 fully saturated rings. The first-order chi connectivity index (χ1) is 16.3. The highest BCUT2D eigenvalue weighted by molar-refractivity contribution is 7.91. The van der Waals surface area contributed by atoms with Gasteiger partial charge in [-0.25, -0.2) is 13.4 Å². The van der Waals surface area contributed by atoms with Crippen LogP contribution in [0.2, 0.25) is 0 Å². The summed E-state index contributed by atoms with van der Waals surface area (Å²) in [5.41, 5.74) is 3.07. The highest BCUT2D eigenvalue weighted by Gasteiger charge is 2.24. The van der Waals surface area contributed by atoms with Crippen LogP contribution in [0.15, 0.2) is 65.8 Å². The number of aromatic nitrogens is 2. The van der Waals surface area contributed by atoms with Gasteiger partial charge in [0.2, 0.25) is 5.91 Å². The molecular formula is C26H32N4O3S. The number of carbonyl (C=O) groups is 1. The lowest BCUT2D eigenvalue weighted by atomic mass is 9.95. The number of hydrogen-bond acceptors (Lipinski definition) is 5. The number of amides is 1. The second-order valence-electron chi connectivity index (χ2n) is 9.04. The van der Waals surface area contributed by atoms with Crippen molar-refractivity contribution in [2.45, 2.75) is 50.6 Å². The van der Waals surface area contributed by atoms with Crippen LogP contribution in [-0.4, -0.2) is 47.6 Å². The van der Waals surface area contributed by atoms with Gasteiger partial charge in [0.25, 0.3) is 0 Å². The van der Waals surface area contributed by atoms with Gasteiger partial charge < -0.3 is 9.88 Å². The van der Waals surface area contributed by atoms with E-state index < -0.39 is 9.84 Å². The Morgan fingerprint density at radius 3 is 2.38 bits per heavy atom. The van der Waals surface area contributed by atoms with Gasteiger partial charge in [-0.15, -0.1) is 0 Å². The molecule has 4 rings (SSSR count). The van der Waals surface area contributed by atoms with Gasteiger partial charge in [0.15, 0.2) is 9.84 Å². The Kier molecular flexibility index (Phi) is 7.48. The minimum atomic E-state index is -3.33. The molecule has 8 heteroatoms. The van der Waals surface area contributed by atoms with Gasteiger partial charge in [0.05, 0.1) is 10.6 Å². The highest BCUT2D eigenvalue weighted by Crippen LogP contribution is 2.28. The first-order valence-corrected chi connectivity index (χ1v) is 13.3. The summed E-state index contributed by atoms with van der Waals surface area (Å²) >= 11 is 0. The maximum absolute atomic E-state index is 12.8. The Labute approximate surface area is 201 Å². The van der Waals surface area contributed by atoms with Crippen molar-refractivity contribution in [2.24, 2.45) is 0 Å². The Morgan fingerprint density at radius 1 is 1.06 bits per heavy atom. The number of hydrogen-bond donors (Lipinski definition) is 1. The first-order valence-electron chi connectivity index (χ1n) is 11.7. The van der Waals surface area contributed by atoms with Gasteiger partial charge >= 0.3 is 0 Å². The van der Waals surface area contributed by atoms with E-state index in [0.717, 1.165) is 49.6 Å². The number of benzene rings is 2. The van der Waals surface area contributed by atoms with E-state index in [1.807, 2.05) is 42.0 Å². The molecule has 0 unspecified atom stereocenters. The lowest BCUT2D eigenvalue weighted by Crippen LogP contribution is -2.33. The van der Waals surface area contributed by atoms with Gasteiger partial charge in [-0.2, -0.15) is 0 Å². The number of imidazole rings is 1. The molecular weight excluding hydrogens is 448 g/mol. The van der Waals surface area contributed by atoms with Crippen molar-refractivity contribution < 1.29 is 13.2 Å². The largest absolute Gasteiger partial charge is 0.334 e. The highest BCUT2D eigenvalue weighted by atomic mass is 32.2. The van der Waals surface area contributed by atoms with Gasteiger partial charge in [0.1, 0.15) is 5.82 Å². The number of sulfone groups is 1. The fraction of sp³-hybridized carbons (Fsp3) is 0.385. The topological polar surface area (TPSA) is 84.3 Å². The number of carbonyl (C=O) groups excluding carboxylic acids is 1. The van der Waals surface area contributed by atoms with Crippen molar-refractivity contribution in [1.82, 2.24) is 14.5 Å². The SMILES string of the molecule is CC(=O)Nc1ccc(CN2CCC(c3nccn3CCS(=O)(=O)c3ccc(C)cc3)CC2)cc1. The van der Waals surface area contributed by atoms with Crippen LogP contribution in [0.4, 0.5) is 5.69 Å². The molecule has 0 aliphatic carbocycles. The fourth-order valence-electron chi connectivity index (χ4n) is 4.46. The molecule has 180 valence electrons. The van der Waals surface area contributed by atoms with E-state index >= 15 is 0 Å². The third-order valence-corrected chi connectivity index (χ3v) is 8.07. The summed E-state index contributed by atoms with van der Waals surface area (Å²) < 4.78 is 27.5. The molecule has 1 amide bonds. The molecule has 0 radical (unpaired) electrons. The van der Waals surface area contributed by atoms with E-state index in [9.17, 15) is 13.2 Å². The van der Waals surface area contributed by atoms with Crippen LogP contribution < -0.4 is 5.32 Å². The van der Waals surface area contributed by atoms with Crippen molar-refractivity contribution >= 4 is 21.4 Å². The molecule has 3 aromatic rings. The summed E-state index contributed by atoms with van der Waals surface area (Å²) in [5.74, 6) is 1.31. The molecule has 0 atom stereocenters. The number of rotatable bonds is 8. The summed E-state index contributed by atoms with van der Waals surface area (Å²) in [6.07, 6.45) is 5.65. The lowest BCUT2D eigenvalue weighted by Gasteiger charge is -2.32. The van der Waals surface area contributed by atoms with Crippen LogP contribution in [0.5, 0.6) is 0 Å². The standard InChI is InChI=1S/C26H32N4O3S/c1-20-3-9-25(10-4-20)34(32,33)18-17-30-16-13-27-26(30)23-11-14-29(15-12-23)19-22-5-7-24(8-6-22)28-21(2)31/h3-10,13,16,23H,11-12,14-15,17-19H2,1-2H3,(H,28,31). The average molecular weight is 481 g/mol.